The quantitative estimate of drug-likeness (QED) is 0.473. The number of hydrogen-bond acceptors (Lipinski definition) is 4. The van der Waals surface area contributed by atoms with E-state index in [2.05, 4.69) is 5.32 Å². The lowest BCUT2D eigenvalue weighted by Crippen LogP contribution is -2.31. The van der Waals surface area contributed by atoms with E-state index in [0.717, 1.165) is 6.42 Å². The molecule has 1 atom stereocenters. The summed E-state index contributed by atoms with van der Waals surface area (Å²) in [7, 11) is 0. The first kappa shape index (κ1) is 13.0. The van der Waals surface area contributed by atoms with Gasteiger partial charge >= 0.3 is 0 Å². The van der Waals surface area contributed by atoms with Crippen LogP contribution in [0.3, 0.4) is 0 Å². The number of hydrogen-bond donors (Lipinski definition) is 2. The highest BCUT2D eigenvalue weighted by molar-refractivity contribution is 5.95. The first-order chi connectivity index (χ1) is 7.95. The Morgan fingerprint density at radius 2 is 2.24 bits per heavy atom. The number of nitrogens with zero attached hydrogens (tertiary/aromatic N) is 1. The first-order valence-corrected chi connectivity index (χ1v) is 5.30. The zero-order chi connectivity index (χ0) is 13.0. The Hall–Kier alpha value is -2.11. The molecule has 0 saturated heterocycles. The van der Waals surface area contributed by atoms with Gasteiger partial charge in [-0.2, -0.15) is 0 Å². The van der Waals surface area contributed by atoms with Crippen molar-refractivity contribution in [3.63, 3.8) is 0 Å². The maximum atomic E-state index is 11.7. The molecule has 0 spiro atoms. The van der Waals surface area contributed by atoms with Crippen LogP contribution in [-0.2, 0) is 0 Å². The van der Waals surface area contributed by atoms with Gasteiger partial charge in [-0.3, -0.25) is 14.9 Å². The highest BCUT2D eigenvalue weighted by atomic mass is 16.6. The van der Waals surface area contributed by atoms with Crippen molar-refractivity contribution in [2.75, 3.05) is 5.73 Å². The molecule has 0 bridgehead atoms. The minimum absolute atomic E-state index is 0.0270. The average molecular weight is 237 g/mol. The molecule has 0 aliphatic heterocycles. The van der Waals surface area contributed by atoms with Crippen LogP contribution >= 0.6 is 0 Å². The van der Waals surface area contributed by atoms with Crippen molar-refractivity contribution in [3.05, 3.63) is 33.9 Å². The third-order valence-corrected chi connectivity index (χ3v) is 2.48. The van der Waals surface area contributed by atoms with Crippen LogP contribution in [0, 0.1) is 10.1 Å². The normalized spacial score (nSPS) is 11.9. The fourth-order valence-corrected chi connectivity index (χ4v) is 1.25. The van der Waals surface area contributed by atoms with Crippen LogP contribution in [-0.4, -0.2) is 16.9 Å². The molecule has 92 valence electrons. The number of carbonyl (C=O) groups is 1. The second-order valence-corrected chi connectivity index (χ2v) is 3.81. The van der Waals surface area contributed by atoms with Crippen LogP contribution < -0.4 is 11.1 Å². The van der Waals surface area contributed by atoms with E-state index in [1.807, 2.05) is 13.8 Å². The molecule has 0 aliphatic carbocycles. The van der Waals surface area contributed by atoms with Crippen LogP contribution in [0.5, 0.6) is 0 Å². The Morgan fingerprint density at radius 1 is 1.59 bits per heavy atom. The minimum Gasteiger partial charge on any atom is -0.393 e. The number of amides is 1. The summed E-state index contributed by atoms with van der Waals surface area (Å²) in [5, 5.41) is 13.4. The molecule has 1 aromatic rings. The third-order valence-electron chi connectivity index (χ3n) is 2.48. The predicted molar refractivity (Wildman–Crippen MR) is 64.7 cm³/mol. The summed E-state index contributed by atoms with van der Waals surface area (Å²) < 4.78 is 0. The van der Waals surface area contributed by atoms with Crippen LogP contribution in [0.25, 0.3) is 0 Å². The summed E-state index contributed by atoms with van der Waals surface area (Å²) >= 11 is 0. The van der Waals surface area contributed by atoms with Gasteiger partial charge in [0.15, 0.2) is 0 Å². The number of benzene rings is 1. The number of nitro benzene ring substituents is 1. The summed E-state index contributed by atoms with van der Waals surface area (Å²) in [4.78, 5) is 21.8. The zero-order valence-corrected chi connectivity index (χ0v) is 9.77. The van der Waals surface area contributed by atoms with E-state index in [1.54, 1.807) is 0 Å². The predicted octanol–water partition coefficient (Wildman–Crippen LogP) is 1.71. The van der Waals surface area contributed by atoms with Crippen molar-refractivity contribution in [2.45, 2.75) is 26.3 Å². The van der Waals surface area contributed by atoms with Crippen molar-refractivity contribution >= 4 is 17.3 Å². The number of nitrogens with one attached hydrogen (secondary N) is 1. The molecule has 1 rings (SSSR count). The van der Waals surface area contributed by atoms with Crippen LogP contribution in [0.1, 0.15) is 30.6 Å². The van der Waals surface area contributed by atoms with E-state index in [1.165, 1.54) is 18.2 Å². The SMILES string of the molecule is CCC(C)NC(=O)c1ccc(N)c([N+](=O)[O-])c1. The van der Waals surface area contributed by atoms with E-state index >= 15 is 0 Å². The summed E-state index contributed by atoms with van der Waals surface area (Å²) in [5.74, 6) is -0.331. The summed E-state index contributed by atoms with van der Waals surface area (Å²) in [5.41, 5.74) is 5.49. The second-order valence-electron chi connectivity index (χ2n) is 3.81. The third kappa shape index (κ3) is 3.17. The number of rotatable bonds is 4. The molecule has 1 amide bonds. The van der Waals surface area contributed by atoms with Gasteiger partial charge in [-0.15, -0.1) is 0 Å². The van der Waals surface area contributed by atoms with E-state index in [0.29, 0.717) is 0 Å². The van der Waals surface area contributed by atoms with Gasteiger partial charge in [0.25, 0.3) is 11.6 Å². The number of anilines is 1. The number of nitrogen functional groups attached to an aromatic ring is 1. The molecule has 6 nitrogen and oxygen atoms in total. The lowest BCUT2D eigenvalue weighted by Gasteiger charge is -2.11. The molecule has 3 N–H and O–H groups in total. The van der Waals surface area contributed by atoms with E-state index in [9.17, 15) is 14.9 Å². The van der Waals surface area contributed by atoms with Gasteiger partial charge in [0.1, 0.15) is 5.69 Å². The number of nitro groups is 1. The maximum absolute atomic E-state index is 11.7. The fraction of sp³-hybridized carbons (Fsp3) is 0.364. The van der Waals surface area contributed by atoms with E-state index < -0.39 is 4.92 Å². The molecular formula is C11H15N3O3. The molecule has 17 heavy (non-hydrogen) atoms. The van der Waals surface area contributed by atoms with E-state index in [-0.39, 0.29) is 28.9 Å². The van der Waals surface area contributed by atoms with Gasteiger partial charge in [0.05, 0.1) is 4.92 Å². The topological polar surface area (TPSA) is 98.3 Å². The van der Waals surface area contributed by atoms with Gasteiger partial charge in [-0.05, 0) is 25.5 Å². The average Bonchev–Trinajstić information content (AvgIpc) is 2.28. The first-order valence-electron chi connectivity index (χ1n) is 5.30. The fourth-order valence-electron chi connectivity index (χ4n) is 1.25. The van der Waals surface area contributed by atoms with Crippen LogP contribution in [0.4, 0.5) is 11.4 Å². The van der Waals surface area contributed by atoms with Crippen molar-refractivity contribution in [2.24, 2.45) is 0 Å². The van der Waals surface area contributed by atoms with Crippen molar-refractivity contribution in [1.82, 2.24) is 5.32 Å². The molecule has 0 aliphatic rings. The van der Waals surface area contributed by atoms with Crippen molar-refractivity contribution in [1.29, 1.82) is 0 Å². The Morgan fingerprint density at radius 3 is 2.76 bits per heavy atom. The molecule has 1 aromatic carbocycles. The smallest absolute Gasteiger partial charge is 0.292 e. The highest BCUT2D eigenvalue weighted by Crippen LogP contribution is 2.22. The zero-order valence-electron chi connectivity index (χ0n) is 9.77. The molecular weight excluding hydrogens is 222 g/mol. The maximum Gasteiger partial charge on any atom is 0.292 e. The van der Waals surface area contributed by atoms with Gasteiger partial charge in [0, 0.05) is 17.7 Å². The van der Waals surface area contributed by atoms with Crippen LogP contribution in [0.2, 0.25) is 0 Å². The number of carbonyl (C=O) groups excluding carboxylic acids is 1. The van der Waals surface area contributed by atoms with Gasteiger partial charge in [0.2, 0.25) is 0 Å². The second kappa shape index (κ2) is 5.29. The van der Waals surface area contributed by atoms with Gasteiger partial charge in [-0.1, -0.05) is 6.92 Å². The summed E-state index contributed by atoms with van der Waals surface area (Å²) in [6.45, 7) is 3.81. The van der Waals surface area contributed by atoms with E-state index in [4.69, 9.17) is 5.73 Å². The van der Waals surface area contributed by atoms with Crippen LogP contribution in [0.15, 0.2) is 18.2 Å². The Labute approximate surface area is 99.0 Å². The molecule has 0 aromatic heterocycles. The standard InChI is InChI=1S/C11H15N3O3/c1-3-7(2)13-11(15)8-4-5-9(12)10(6-8)14(16)17/h4-7H,3,12H2,1-2H3,(H,13,15). The molecule has 1 unspecified atom stereocenters. The molecule has 6 heteroatoms. The largest absolute Gasteiger partial charge is 0.393 e. The lowest BCUT2D eigenvalue weighted by molar-refractivity contribution is -0.383. The Balaban J connectivity index is 2.96. The highest BCUT2D eigenvalue weighted by Gasteiger charge is 2.16. The minimum atomic E-state index is -0.602. The molecule has 0 saturated carbocycles. The van der Waals surface area contributed by atoms with Crippen molar-refractivity contribution in [3.8, 4) is 0 Å². The lowest BCUT2D eigenvalue weighted by atomic mass is 10.1. The Bertz CT molecular complexity index is 446. The molecule has 0 radical (unpaired) electrons. The summed E-state index contributed by atoms with van der Waals surface area (Å²) in [6.07, 6.45) is 0.794. The monoisotopic (exact) mass is 237 g/mol. The Kier molecular flexibility index (Phi) is 4.03. The van der Waals surface area contributed by atoms with Gasteiger partial charge in [-0.25, -0.2) is 0 Å². The van der Waals surface area contributed by atoms with Crippen molar-refractivity contribution < 1.29 is 9.72 Å². The van der Waals surface area contributed by atoms with Gasteiger partial charge < -0.3 is 11.1 Å². The molecule has 0 fully saturated rings. The molecule has 0 heterocycles. The summed E-state index contributed by atoms with van der Waals surface area (Å²) in [6, 6.07) is 4.05. The number of nitrogens with two attached hydrogens (primary N) is 1.